The van der Waals surface area contributed by atoms with Crippen LogP contribution in [0.3, 0.4) is 0 Å². The van der Waals surface area contributed by atoms with Gasteiger partial charge in [0.2, 0.25) is 0 Å². The molecule has 1 aliphatic rings. The standard InChI is InChI=1S/C23H21F2NS/c1-26-17-16-18-10-8-9-15-21(18)22(26,19-11-4-2-5-12-19)23(24,25)27-20-13-6-3-7-14-20/h2-15H,16-17H2,1H3. The van der Waals surface area contributed by atoms with Gasteiger partial charge in [0.25, 0.3) is 0 Å². The minimum Gasteiger partial charge on any atom is -0.287 e. The number of hydrogen-bond acceptors (Lipinski definition) is 2. The van der Waals surface area contributed by atoms with Crippen molar-refractivity contribution >= 4 is 11.8 Å². The summed E-state index contributed by atoms with van der Waals surface area (Å²) in [7, 11) is 1.81. The van der Waals surface area contributed by atoms with Crippen LogP contribution in [-0.4, -0.2) is 23.7 Å². The molecule has 0 spiro atoms. The molecular weight excluding hydrogens is 360 g/mol. The molecule has 3 aromatic carbocycles. The van der Waals surface area contributed by atoms with Crippen molar-refractivity contribution in [1.82, 2.24) is 4.90 Å². The van der Waals surface area contributed by atoms with Crippen molar-refractivity contribution in [2.24, 2.45) is 0 Å². The van der Waals surface area contributed by atoms with E-state index in [-0.39, 0.29) is 0 Å². The summed E-state index contributed by atoms with van der Waals surface area (Å²) < 4.78 is 32.4. The van der Waals surface area contributed by atoms with Gasteiger partial charge in [0, 0.05) is 11.4 Å². The van der Waals surface area contributed by atoms with E-state index >= 15 is 8.78 Å². The Hall–Kier alpha value is -2.17. The van der Waals surface area contributed by atoms with Gasteiger partial charge < -0.3 is 0 Å². The average molecular weight is 381 g/mol. The van der Waals surface area contributed by atoms with Crippen LogP contribution in [0.5, 0.6) is 0 Å². The van der Waals surface area contributed by atoms with Crippen LogP contribution < -0.4 is 0 Å². The summed E-state index contributed by atoms with van der Waals surface area (Å²) in [6, 6.07) is 25.7. The topological polar surface area (TPSA) is 3.24 Å². The maximum absolute atomic E-state index is 16.2. The van der Waals surface area contributed by atoms with Crippen molar-refractivity contribution in [3.63, 3.8) is 0 Å². The van der Waals surface area contributed by atoms with Gasteiger partial charge in [0.15, 0.2) is 0 Å². The molecule has 0 fully saturated rings. The van der Waals surface area contributed by atoms with E-state index in [2.05, 4.69) is 0 Å². The molecule has 3 aromatic rings. The SMILES string of the molecule is CN1CCc2ccccc2C1(c1ccccc1)C(F)(F)Sc1ccccc1. The average Bonchev–Trinajstić information content (AvgIpc) is 2.69. The van der Waals surface area contributed by atoms with Gasteiger partial charge >= 0.3 is 5.25 Å². The normalized spacial score (nSPS) is 20.3. The van der Waals surface area contributed by atoms with E-state index in [4.69, 9.17) is 0 Å². The fourth-order valence-corrected chi connectivity index (χ4v) is 5.19. The Morgan fingerprint density at radius 2 is 1.44 bits per heavy atom. The molecular formula is C23H21F2NS. The van der Waals surface area contributed by atoms with Crippen LogP contribution in [0.1, 0.15) is 16.7 Å². The molecule has 0 N–H and O–H groups in total. The quantitative estimate of drug-likeness (QED) is 0.525. The Bertz CT molecular complexity index is 914. The maximum Gasteiger partial charge on any atom is 0.324 e. The molecule has 0 radical (unpaired) electrons. The first-order chi connectivity index (χ1) is 13.1. The highest BCUT2D eigenvalue weighted by Crippen LogP contribution is 2.56. The van der Waals surface area contributed by atoms with Crippen molar-refractivity contribution in [3.05, 3.63) is 102 Å². The molecule has 27 heavy (non-hydrogen) atoms. The second-order valence-corrected chi connectivity index (χ2v) is 8.03. The lowest BCUT2D eigenvalue weighted by molar-refractivity contribution is -0.0554. The number of fused-ring (bicyclic) bond motifs is 1. The number of nitrogens with zero attached hydrogens (tertiary/aromatic N) is 1. The Morgan fingerprint density at radius 3 is 2.15 bits per heavy atom. The number of likely N-dealkylation sites (N-methyl/N-ethyl adjacent to an activating group) is 1. The summed E-state index contributed by atoms with van der Waals surface area (Å²) in [5, 5.41) is -3.07. The van der Waals surface area contributed by atoms with Crippen molar-refractivity contribution in [2.75, 3.05) is 13.6 Å². The number of thioether (sulfide) groups is 1. The highest BCUT2D eigenvalue weighted by atomic mass is 32.2. The van der Waals surface area contributed by atoms with E-state index in [0.29, 0.717) is 34.3 Å². The first-order valence-electron chi connectivity index (χ1n) is 9.03. The molecule has 0 saturated heterocycles. The Balaban J connectivity index is 1.96. The largest absolute Gasteiger partial charge is 0.324 e. The highest BCUT2D eigenvalue weighted by molar-refractivity contribution is 8.00. The first-order valence-corrected chi connectivity index (χ1v) is 9.84. The van der Waals surface area contributed by atoms with Gasteiger partial charge in [-0.15, -0.1) is 0 Å². The fraction of sp³-hybridized carbons (Fsp3) is 0.217. The molecule has 0 aliphatic carbocycles. The van der Waals surface area contributed by atoms with E-state index in [9.17, 15) is 0 Å². The van der Waals surface area contributed by atoms with Crippen LogP contribution in [0, 0.1) is 0 Å². The predicted molar refractivity (Wildman–Crippen MR) is 107 cm³/mol. The summed E-state index contributed by atoms with van der Waals surface area (Å²) in [5.74, 6) is 0. The summed E-state index contributed by atoms with van der Waals surface area (Å²) >= 11 is 0.638. The van der Waals surface area contributed by atoms with Gasteiger partial charge in [0.1, 0.15) is 5.54 Å². The zero-order valence-corrected chi connectivity index (χ0v) is 15.9. The van der Waals surface area contributed by atoms with Gasteiger partial charge in [-0.05, 0) is 54.1 Å². The van der Waals surface area contributed by atoms with E-state index in [1.165, 1.54) is 0 Å². The van der Waals surface area contributed by atoms with E-state index in [1.807, 2.05) is 72.6 Å². The third kappa shape index (κ3) is 2.97. The van der Waals surface area contributed by atoms with Crippen LogP contribution in [0.4, 0.5) is 8.78 Å². The highest BCUT2D eigenvalue weighted by Gasteiger charge is 2.61. The fourth-order valence-electron chi connectivity index (χ4n) is 4.07. The molecule has 4 heteroatoms. The zero-order chi connectivity index (χ0) is 18.9. The monoisotopic (exact) mass is 381 g/mol. The van der Waals surface area contributed by atoms with E-state index in [0.717, 1.165) is 12.0 Å². The van der Waals surface area contributed by atoms with Gasteiger partial charge in [-0.25, -0.2) is 0 Å². The molecule has 1 atom stereocenters. The van der Waals surface area contributed by atoms with Crippen LogP contribution in [0.2, 0.25) is 0 Å². The third-order valence-corrected chi connectivity index (χ3v) is 6.36. The van der Waals surface area contributed by atoms with Crippen molar-refractivity contribution in [1.29, 1.82) is 0 Å². The molecule has 1 unspecified atom stereocenters. The molecule has 0 saturated carbocycles. The number of benzene rings is 3. The van der Waals surface area contributed by atoms with E-state index < -0.39 is 10.8 Å². The first kappa shape index (κ1) is 18.2. The lowest BCUT2D eigenvalue weighted by Gasteiger charge is -2.50. The van der Waals surface area contributed by atoms with Crippen molar-refractivity contribution in [2.45, 2.75) is 22.1 Å². The number of hydrogen-bond donors (Lipinski definition) is 0. The van der Waals surface area contributed by atoms with Crippen LogP contribution in [-0.2, 0) is 12.0 Å². The smallest absolute Gasteiger partial charge is 0.287 e. The summed E-state index contributed by atoms with van der Waals surface area (Å²) in [5.41, 5.74) is 0.781. The molecule has 0 amide bonds. The van der Waals surface area contributed by atoms with Gasteiger partial charge in [-0.2, -0.15) is 8.78 Å². The number of rotatable bonds is 4. The minimum atomic E-state index is -3.07. The Morgan fingerprint density at radius 1 is 0.852 bits per heavy atom. The summed E-state index contributed by atoms with van der Waals surface area (Å²) in [6.07, 6.45) is 0.771. The second kappa shape index (κ2) is 7.10. The molecule has 0 bridgehead atoms. The Kier molecular flexibility index (Phi) is 4.79. The number of halogens is 2. The van der Waals surface area contributed by atoms with Crippen molar-refractivity contribution < 1.29 is 8.78 Å². The third-order valence-electron chi connectivity index (χ3n) is 5.30. The molecule has 1 aliphatic heterocycles. The minimum absolute atomic E-state index is 0.564. The van der Waals surface area contributed by atoms with Crippen LogP contribution >= 0.6 is 11.8 Å². The van der Waals surface area contributed by atoms with Gasteiger partial charge in [-0.3, -0.25) is 4.90 Å². The lowest BCUT2D eigenvalue weighted by atomic mass is 9.76. The molecule has 0 aromatic heterocycles. The molecule has 4 rings (SSSR count). The van der Waals surface area contributed by atoms with E-state index in [1.54, 1.807) is 24.3 Å². The lowest BCUT2D eigenvalue weighted by Crippen LogP contribution is -2.58. The van der Waals surface area contributed by atoms with Crippen LogP contribution in [0.25, 0.3) is 0 Å². The number of alkyl halides is 2. The van der Waals surface area contributed by atoms with Gasteiger partial charge in [0.05, 0.1) is 0 Å². The Labute approximate surface area is 163 Å². The summed E-state index contributed by atoms with van der Waals surface area (Å²) in [4.78, 5) is 2.38. The zero-order valence-electron chi connectivity index (χ0n) is 15.1. The second-order valence-electron chi connectivity index (χ2n) is 6.84. The van der Waals surface area contributed by atoms with Gasteiger partial charge in [-0.1, -0.05) is 72.8 Å². The van der Waals surface area contributed by atoms with Crippen molar-refractivity contribution in [3.8, 4) is 0 Å². The maximum atomic E-state index is 16.2. The molecule has 138 valence electrons. The van der Waals surface area contributed by atoms with Crippen LogP contribution in [0.15, 0.2) is 89.8 Å². The molecule has 1 heterocycles. The molecule has 1 nitrogen and oxygen atoms in total. The summed E-state index contributed by atoms with van der Waals surface area (Å²) in [6.45, 7) is 0.580. The predicted octanol–water partition coefficient (Wildman–Crippen LogP) is 5.80.